The quantitative estimate of drug-likeness (QED) is 0.519. The van der Waals surface area contributed by atoms with Crippen LogP contribution in [-0.4, -0.2) is 30.5 Å². The summed E-state index contributed by atoms with van der Waals surface area (Å²) in [6.07, 6.45) is 0. The van der Waals surface area contributed by atoms with Crippen molar-refractivity contribution < 1.29 is 4.79 Å². The monoisotopic (exact) mass is 418 g/mol. The van der Waals surface area contributed by atoms with E-state index in [1.807, 2.05) is 38.1 Å². The molecule has 8 nitrogen and oxygen atoms in total. The Morgan fingerprint density at radius 3 is 2.39 bits per heavy atom. The van der Waals surface area contributed by atoms with Gasteiger partial charge in [0, 0.05) is 6.04 Å². The molecule has 0 aliphatic heterocycles. The maximum Gasteiger partial charge on any atom is 0.278 e. The van der Waals surface area contributed by atoms with Crippen molar-refractivity contribution in [2.24, 2.45) is 5.92 Å². The largest absolute Gasteiger partial charge is 0.344 e. The number of amides is 1. The second-order valence-electron chi connectivity index (χ2n) is 8.28. The standard InChI is InChI=1S/C23H26N6O2/c1-14(2)21(22-24-18-11-7-8-12-19(18)29(22)15(3)4)25-20(30)13-28-23(31)16-9-5-6-10-17(16)26-27-28/h5-12,14-15,21H,13H2,1-4H3,(H,25,30). The SMILES string of the molecule is CC(C)C(NC(=O)Cn1nnc2ccccc2c1=O)c1nc2ccccc2n1C(C)C. The van der Waals surface area contributed by atoms with Crippen molar-refractivity contribution in [3.8, 4) is 0 Å². The number of nitrogens with zero attached hydrogens (tertiary/aromatic N) is 5. The highest BCUT2D eigenvalue weighted by molar-refractivity contribution is 5.79. The van der Waals surface area contributed by atoms with E-state index in [1.54, 1.807) is 24.3 Å². The lowest BCUT2D eigenvalue weighted by atomic mass is 10.0. The van der Waals surface area contributed by atoms with Crippen LogP contribution in [0.2, 0.25) is 0 Å². The molecule has 31 heavy (non-hydrogen) atoms. The third-order valence-corrected chi connectivity index (χ3v) is 5.32. The fraction of sp³-hybridized carbons (Fsp3) is 0.348. The van der Waals surface area contributed by atoms with Gasteiger partial charge in [0.05, 0.1) is 22.5 Å². The Morgan fingerprint density at radius 2 is 1.68 bits per heavy atom. The number of benzene rings is 2. The van der Waals surface area contributed by atoms with Crippen LogP contribution < -0.4 is 10.9 Å². The molecule has 1 amide bonds. The number of hydrogen-bond donors (Lipinski definition) is 1. The third-order valence-electron chi connectivity index (χ3n) is 5.32. The Bertz CT molecular complexity index is 1300. The number of para-hydroxylation sites is 2. The highest BCUT2D eigenvalue weighted by atomic mass is 16.2. The molecule has 0 aliphatic carbocycles. The number of hydrogen-bond acceptors (Lipinski definition) is 5. The lowest BCUT2D eigenvalue weighted by molar-refractivity contribution is -0.123. The minimum Gasteiger partial charge on any atom is -0.344 e. The topological polar surface area (TPSA) is 94.7 Å². The minimum atomic E-state index is -0.337. The van der Waals surface area contributed by atoms with Crippen LogP contribution in [0.1, 0.15) is 45.6 Å². The average Bonchev–Trinajstić information content (AvgIpc) is 3.13. The first-order chi connectivity index (χ1) is 14.9. The van der Waals surface area contributed by atoms with Gasteiger partial charge in [-0.15, -0.1) is 5.10 Å². The molecule has 2 heterocycles. The zero-order valence-corrected chi connectivity index (χ0v) is 18.1. The average molecular weight is 419 g/mol. The van der Waals surface area contributed by atoms with E-state index in [4.69, 9.17) is 4.98 Å². The van der Waals surface area contributed by atoms with Crippen molar-refractivity contribution >= 4 is 27.8 Å². The second kappa shape index (κ2) is 8.29. The van der Waals surface area contributed by atoms with Gasteiger partial charge in [-0.05, 0) is 44.0 Å². The van der Waals surface area contributed by atoms with Crippen molar-refractivity contribution in [2.75, 3.05) is 0 Å². The fourth-order valence-corrected chi connectivity index (χ4v) is 3.84. The minimum absolute atomic E-state index is 0.0951. The van der Waals surface area contributed by atoms with Crippen LogP contribution in [0.15, 0.2) is 53.3 Å². The summed E-state index contributed by atoms with van der Waals surface area (Å²) in [4.78, 5) is 30.4. The first kappa shape index (κ1) is 20.7. The van der Waals surface area contributed by atoms with Crippen molar-refractivity contribution in [1.29, 1.82) is 0 Å². The summed E-state index contributed by atoms with van der Waals surface area (Å²) in [6.45, 7) is 8.07. The van der Waals surface area contributed by atoms with Gasteiger partial charge in [-0.1, -0.05) is 43.3 Å². The molecule has 4 rings (SSSR count). The van der Waals surface area contributed by atoms with Gasteiger partial charge in [0.1, 0.15) is 17.9 Å². The van der Waals surface area contributed by atoms with Crippen LogP contribution in [0.3, 0.4) is 0 Å². The Morgan fingerprint density at radius 1 is 1.00 bits per heavy atom. The maximum absolute atomic E-state index is 12.9. The third kappa shape index (κ3) is 3.93. The summed E-state index contributed by atoms with van der Waals surface area (Å²) in [5, 5.41) is 11.5. The number of rotatable bonds is 6. The molecule has 160 valence electrons. The smallest absolute Gasteiger partial charge is 0.278 e. The van der Waals surface area contributed by atoms with Crippen LogP contribution in [0.4, 0.5) is 0 Å². The first-order valence-corrected chi connectivity index (χ1v) is 10.5. The summed E-state index contributed by atoms with van der Waals surface area (Å²) >= 11 is 0. The number of nitrogens with one attached hydrogen (secondary N) is 1. The summed E-state index contributed by atoms with van der Waals surface area (Å²) in [6, 6.07) is 14.8. The second-order valence-corrected chi connectivity index (χ2v) is 8.28. The molecule has 1 atom stereocenters. The molecule has 2 aromatic carbocycles. The predicted octanol–water partition coefficient (Wildman–Crippen LogP) is 3.24. The van der Waals surface area contributed by atoms with Gasteiger partial charge in [-0.25, -0.2) is 9.67 Å². The van der Waals surface area contributed by atoms with Gasteiger partial charge in [0.25, 0.3) is 5.56 Å². The lowest BCUT2D eigenvalue weighted by Crippen LogP contribution is -2.38. The van der Waals surface area contributed by atoms with Gasteiger partial charge in [0.15, 0.2) is 0 Å². The van der Waals surface area contributed by atoms with E-state index in [-0.39, 0.29) is 36.0 Å². The zero-order valence-electron chi connectivity index (χ0n) is 18.1. The van der Waals surface area contributed by atoms with Crippen molar-refractivity contribution in [2.45, 2.75) is 46.3 Å². The molecule has 8 heteroatoms. The molecule has 0 fully saturated rings. The van der Waals surface area contributed by atoms with Crippen molar-refractivity contribution in [1.82, 2.24) is 29.9 Å². The van der Waals surface area contributed by atoms with E-state index in [1.165, 1.54) is 0 Å². The van der Waals surface area contributed by atoms with Crippen LogP contribution >= 0.6 is 0 Å². The van der Waals surface area contributed by atoms with E-state index in [0.717, 1.165) is 21.5 Å². The highest BCUT2D eigenvalue weighted by Crippen LogP contribution is 2.28. The summed E-state index contributed by atoms with van der Waals surface area (Å²) in [5.74, 6) is 0.585. The van der Waals surface area contributed by atoms with E-state index >= 15 is 0 Å². The molecule has 0 aliphatic rings. The van der Waals surface area contributed by atoms with Crippen LogP contribution in [0.5, 0.6) is 0 Å². The highest BCUT2D eigenvalue weighted by Gasteiger charge is 2.26. The normalized spacial score (nSPS) is 12.7. The molecular weight excluding hydrogens is 392 g/mol. The summed E-state index contributed by atoms with van der Waals surface area (Å²) in [5.41, 5.74) is 2.10. The van der Waals surface area contributed by atoms with Gasteiger partial charge in [-0.2, -0.15) is 0 Å². The van der Waals surface area contributed by atoms with E-state index in [9.17, 15) is 9.59 Å². The van der Waals surface area contributed by atoms with E-state index in [2.05, 4.69) is 34.0 Å². The number of carbonyl (C=O) groups excluding carboxylic acids is 1. The van der Waals surface area contributed by atoms with E-state index < -0.39 is 0 Å². The summed E-state index contributed by atoms with van der Waals surface area (Å²) < 4.78 is 3.25. The molecule has 1 N–H and O–H groups in total. The molecular formula is C23H26N6O2. The maximum atomic E-state index is 12.9. The predicted molar refractivity (Wildman–Crippen MR) is 120 cm³/mol. The Kier molecular flexibility index (Phi) is 5.54. The number of aromatic nitrogens is 5. The molecule has 0 spiro atoms. The van der Waals surface area contributed by atoms with E-state index in [0.29, 0.717) is 10.9 Å². The van der Waals surface area contributed by atoms with Gasteiger partial charge in [0.2, 0.25) is 5.91 Å². The molecule has 0 bridgehead atoms. The molecule has 0 saturated carbocycles. The molecule has 1 unspecified atom stereocenters. The molecule has 4 aromatic rings. The first-order valence-electron chi connectivity index (χ1n) is 10.5. The summed E-state index contributed by atoms with van der Waals surface area (Å²) in [7, 11) is 0. The van der Waals surface area contributed by atoms with Crippen molar-refractivity contribution in [3.05, 3.63) is 64.7 Å². The number of fused-ring (bicyclic) bond motifs is 2. The van der Waals surface area contributed by atoms with Gasteiger partial charge >= 0.3 is 0 Å². The zero-order chi connectivity index (χ0) is 22.1. The van der Waals surface area contributed by atoms with Gasteiger partial charge < -0.3 is 9.88 Å². The van der Waals surface area contributed by atoms with Crippen LogP contribution in [-0.2, 0) is 11.3 Å². The molecule has 0 radical (unpaired) electrons. The number of imidazole rings is 1. The molecule has 0 saturated heterocycles. The number of carbonyl (C=O) groups is 1. The Hall–Kier alpha value is -3.55. The van der Waals surface area contributed by atoms with Crippen LogP contribution in [0.25, 0.3) is 21.9 Å². The Balaban J connectivity index is 1.65. The molecule has 2 aromatic heterocycles. The fourth-order valence-electron chi connectivity index (χ4n) is 3.84. The van der Waals surface area contributed by atoms with Gasteiger partial charge in [-0.3, -0.25) is 9.59 Å². The Labute approximate surface area is 179 Å². The lowest BCUT2D eigenvalue weighted by Gasteiger charge is -2.24. The van der Waals surface area contributed by atoms with Crippen molar-refractivity contribution in [3.63, 3.8) is 0 Å². The van der Waals surface area contributed by atoms with Crippen LogP contribution in [0, 0.1) is 5.92 Å².